The van der Waals surface area contributed by atoms with Crippen molar-refractivity contribution in [3.8, 4) is 19.5 Å². The molecule has 2 aliphatic carbocycles. The zero-order chi connectivity index (χ0) is 48.0. The van der Waals surface area contributed by atoms with E-state index in [1.807, 2.05) is 0 Å². The Hall–Kier alpha value is -3.48. The SMILES string of the molecule is Brc1cc2c(s1)-c1sc(Br)cc1C1(OCCO1)C21OCCO1.O=C(c1cc2c(s1)-c1sc(C(=O)c3c(F)c(F)c(F)c(F)c3F)cc1C1(OCCO1)C21OCCO1)c1c(F)c(F)c(F)c(F)c1F. The molecule has 68 heavy (non-hydrogen) atoms. The Morgan fingerprint density at radius 2 is 0.588 bits per heavy atom. The molecule has 2 aromatic carbocycles. The van der Waals surface area contributed by atoms with Crippen molar-refractivity contribution in [2.75, 3.05) is 52.9 Å². The summed E-state index contributed by atoms with van der Waals surface area (Å²) >= 11 is 11.4. The number of rotatable bonds is 4. The van der Waals surface area contributed by atoms with Crippen molar-refractivity contribution in [3.63, 3.8) is 0 Å². The van der Waals surface area contributed by atoms with Gasteiger partial charge in [0.2, 0.25) is 23.2 Å². The van der Waals surface area contributed by atoms with E-state index in [0.29, 0.717) is 49.1 Å². The number of halogens is 12. The van der Waals surface area contributed by atoms with Crippen LogP contribution in [0.1, 0.15) is 52.7 Å². The lowest BCUT2D eigenvalue weighted by molar-refractivity contribution is -0.365. The third-order valence-corrected chi connectivity index (χ3v) is 17.5. The van der Waals surface area contributed by atoms with Crippen LogP contribution in [-0.2, 0) is 61.0 Å². The minimum absolute atomic E-state index is 0.0460. The average molecular weight is 1160 g/mol. The van der Waals surface area contributed by atoms with E-state index in [-0.39, 0.29) is 47.3 Å². The number of ether oxygens (including phenoxy) is 8. The van der Waals surface area contributed by atoms with E-state index in [1.54, 1.807) is 22.7 Å². The number of hydrogen-bond donors (Lipinski definition) is 0. The van der Waals surface area contributed by atoms with Gasteiger partial charge in [-0.15, -0.1) is 45.3 Å². The molecule has 0 bridgehead atoms. The van der Waals surface area contributed by atoms with Crippen molar-refractivity contribution < 1.29 is 91.4 Å². The fraction of sp³-hybridized carbons (Fsp3) is 0.286. The van der Waals surface area contributed by atoms with Gasteiger partial charge in [0.15, 0.2) is 46.5 Å². The van der Waals surface area contributed by atoms with E-state index in [9.17, 15) is 53.5 Å². The van der Waals surface area contributed by atoms with Crippen LogP contribution < -0.4 is 0 Å². The Morgan fingerprint density at radius 3 is 0.853 bits per heavy atom. The Bertz CT molecular complexity index is 2900. The van der Waals surface area contributed by atoms with E-state index >= 15 is 0 Å². The van der Waals surface area contributed by atoms with Gasteiger partial charge in [0.05, 0.1) is 89.7 Å². The summed E-state index contributed by atoms with van der Waals surface area (Å²) in [5.74, 6) is -33.6. The molecule has 4 fully saturated rings. The Kier molecular flexibility index (Phi) is 11.4. The second-order valence-electron chi connectivity index (χ2n) is 15.1. The molecule has 4 aliphatic heterocycles. The molecule has 6 aliphatic rings. The Balaban J connectivity index is 0.000000190. The Morgan fingerprint density at radius 1 is 0.368 bits per heavy atom. The van der Waals surface area contributed by atoms with Crippen molar-refractivity contribution >= 4 is 88.8 Å². The molecule has 4 spiro atoms. The molecule has 4 aromatic heterocycles. The maximum atomic E-state index is 14.6. The highest BCUT2D eigenvalue weighted by Crippen LogP contribution is 2.65. The lowest BCUT2D eigenvalue weighted by Gasteiger charge is -2.44. The predicted molar refractivity (Wildman–Crippen MR) is 224 cm³/mol. The van der Waals surface area contributed by atoms with E-state index in [0.717, 1.165) is 40.6 Å². The summed E-state index contributed by atoms with van der Waals surface area (Å²) in [6.07, 6.45) is 0. The monoisotopic (exact) mass is 1160 g/mol. The zero-order valence-corrected chi connectivity index (χ0v) is 39.7. The van der Waals surface area contributed by atoms with Crippen LogP contribution in [0.4, 0.5) is 43.9 Å². The first-order chi connectivity index (χ1) is 32.4. The van der Waals surface area contributed by atoms with Gasteiger partial charge in [-0.25, -0.2) is 43.9 Å². The lowest BCUT2D eigenvalue weighted by Crippen LogP contribution is -2.53. The topological polar surface area (TPSA) is 108 Å². The molecule has 6 aromatic rings. The molecule has 26 heteroatoms. The molecular weight excluding hydrogens is 1140 g/mol. The van der Waals surface area contributed by atoms with E-state index in [4.69, 9.17) is 37.9 Å². The summed E-state index contributed by atoms with van der Waals surface area (Å²) in [5.41, 5.74) is -1.76. The van der Waals surface area contributed by atoms with E-state index in [2.05, 4.69) is 44.0 Å². The van der Waals surface area contributed by atoms with Gasteiger partial charge in [0.25, 0.3) is 23.1 Å². The zero-order valence-electron chi connectivity index (χ0n) is 33.2. The number of benzene rings is 2. The van der Waals surface area contributed by atoms with Gasteiger partial charge >= 0.3 is 0 Å². The number of thiophene rings is 4. The van der Waals surface area contributed by atoms with Crippen LogP contribution >= 0.6 is 77.2 Å². The highest BCUT2D eigenvalue weighted by molar-refractivity contribution is 9.11. The largest absolute Gasteiger partial charge is 0.339 e. The summed E-state index contributed by atoms with van der Waals surface area (Å²) in [6, 6.07) is 6.09. The van der Waals surface area contributed by atoms with Crippen LogP contribution in [0.2, 0.25) is 0 Å². The average Bonchev–Trinajstić information content (AvgIpc) is 4.16. The molecule has 0 unspecified atom stereocenters. The van der Waals surface area contributed by atoms with Crippen LogP contribution in [0.25, 0.3) is 19.5 Å². The maximum absolute atomic E-state index is 14.6. The van der Waals surface area contributed by atoms with Crippen molar-refractivity contribution in [1.29, 1.82) is 0 Å². The molecule has 356 valence electrons. The third kappa shape index (κ3) is 6.25. The first-order valence-electron chi connectivity index (χ1n) is 19.6. The molecule has 0 atom stereocenters. The second kappa shape index (κ2) is 16.5. The van der Waals surface area contributed by atoms with Gasteiger partial charge in [-0.2, -0.15) is 0 Å². The van der Waals surface area contributed by atoms with Crippen molar-refractivity contribution in [1.82, 2.24) is 0 Å². The third-order valence-electron chi connectivity index (χ3n) is 11.7. The fourth-order valence-corrected chi connectivity index (χ4v) is 14.9. The maximum Gasteiger partial charge on any atom is 0.257 e. The highest BCUT2D eigenvalue weighted by Gasteiger charge is 2.69. The molecule has 0 radical (unpaired) electrons. The van der Waals surface area contributed by atoms with Crippen LogP contribution in [0.15, 0.2) is 31.8 Å². The summed E-state index contributed by atoms with van der Waals surface area (Å²) in [6.45, 7) is 1.62. The van der Waals surface area contributed by atoms with Crippen LogP contribution in [0, 0.1) is 58.2 Å². The number of carbonyl (C=O) groups is 2. The molecule has 12 rings (SSSR count). The fourth-order valence-electron chi connectivity index (χ4n) is 8.98. The van der Waals surface area contributed by atoms with E-state index in [1.165, 1.54) is 0 Å². The summed E-state index contributed by atoms with van der Waals surface area (Å²) < 4.78 is 192. The molecule has 0 N–H and O–H groups in total. The summed E-state index contributed by atoms with van der Waals surface area (Å²) in [4.78, 5) is 27.6. The molecule has 10 nitrogen and oxygen atoms in total. The molecule has 4 saturated heterocycles. The minimum atomic E-state index is -2.49. The quantitative estimate of drug-likeness (QED) is 0.0733. The van der Waals surface area contributed by atoms with Gasteiger partial charge in [-0.05, 0) is 56.1 Å². The smallest absolute Gasteiger partial charge is 0.257 e. The van der Waals surface area contributed by atoms with Gasteiger partial charge in [-0.3, -0.25) is 9.59 Å². The number of hydrogen-bond acceptors (Lipinski definition) is 14. The molecule has 0 amide bonds. The van der Waals surface area contributed by atoms with Gasteiger partial charge in [0, 0.05) is 22.3 Å². The predicted octanol–water partition coefficient (Wildman–Crippen LogP) is 11.2. The van der Waals surface area contributed by atoms with Crippen molar-refractivity contribution in [2.45, 2.75) is 23.1 Å². The highest BCUT2D eigenvalue weighted by atomic mass is 79.9. The molecule has 8 heterocycles. The van der Waals surface area contributed by atoms with Crippen molar-refractivity contribution in [2.24, 2.45) is 0 Å². The molecular formula is C42H20Br2F10O10S4. The number of ketones is 2. The van der Waals surface area contributed by atoms with Crippen molar-refractivity contribution in [3.05, 3.63) is 133 Å². The summed E-state index contributed by atoms with van der Waals surface area (Å²) in [7, 11) is 0. The van der Waals surface area contributed by atoms with Crippen LogP contribution in [0.5, 0.6) is 0 Å². The second-order valence-corrected chi connectivity index (χ2v) is 22.1. The molecule has 0 saturated carbocycles. The first kappa shape index (κ1) is 46.9. The van der Waals surface area contributed by atoms with Crippen LogP contribution in [0.3, 0.4) is 0 Å². The lowest BCUT2D eigenvalue weighted by atomic mass is 9.84. The van der Waals surface area contributed by atoms with Gasteiger partial charge in [-0.1, -0.05) is 0 Å². The minimum Gasteiger partial charge on any atom is -0.339 e. The standard InChI is InChI=1S/C28H10F10O6S2.C14H10Br2O4S2/c29-13-11(14(30)18(34)21(37)17(13)33)23(39)9-5-7-25(45-9)26-8(28(43-3-4-44-28)27(7)41-1-2-42-27)6-10(46-26)24(40)12-15(31)19(35)22(38)20(36)16(12)32;15-9-5-7-11(21-9)12-8(6-10(16)22-12)14(19-3-4-20-14)13(7)17-1-2-18-13/h5-6H,1-4H2;5-6H,1-4H2. The van der Waals surface area contributed by atoms with Gasteiger partial charge in [0.1, 0.15) is 11.1 Å². The van der Waals surface area contributed by atoms with E-state index < -0.39 is 114 Å². The Labute approximate surface area is 406 Å². The van der Waals surface area contributed by atoms with Crippen LogP contribution in [-0.4, -0.2) is 64.4 Å². The first-order valence-corrected chi connectivity index (χ1v) is 24.4. The number of fused-ring (bicyclic) bond motifs is 12. The normalized spacial score (nSPS) is 19.7. The summed E-state index contributed by atoms with van der Waals surface area (Å²) in [5, 5.41) is 0. The van der Waals surface area contributed by atoms with Gasteiger partial charge < -0.3 is 37.9 Å². The number of carbonyl (C=O) groups excluding carboxylic acids is 2.